The molecule has 2 aromatic carbocycles. The van der Waals surface area contributed by atoms with E-state index in [2.05, 4.69) is 0 Å². The molecule has 2 heterocycles. The summed E-state index contributed by atoms with van der Waals surface area (Å²) >= 11 is 0. The van der Waals surface area contributed by atoms with Gasteiger partial charge in [0.1, 0.15) is 17.9 Å². The molecule has 0 N–H and O–H groups in total. The number of hydrogen-bond acceptors (Lipinski definition) is 4. The van der Waals surface area contributed by atoms with Crippen LogP contribution >= 0.6 is 0 Å². The molecule has 1 unspecified atom stereocenters. The van der Waals surface area contributed by atoms with Crippen molar-refractivity contribution in [1.29, 1.82) is 0 Å². The third-order valence-corrected chi connectivity index (χ3v) is 7.46. The van der Waals surface area contributed by atoms with Crippen LogP contribution in [-0.2, 0) is 21.4 Å². The molecule has 0 amide bonds. The van der Waals surface area contributed by atoms with E-state index in [1.54, 1.807) is 47.2 Å². The van der Waals surface area contributed by atoms with Gasteiger partial charge in [-0.2, -0.15) is 4.31 Å². The Balaban J connectivity index is 1.60. The maximum absolute atomic E-state index is 14.6. The third kappa shape index (κ3) is 4.09. The average Bonchev–Trinajstić information content (AvgIpc) is 3.35. The molecular formula is C23H25FN2O4S. The number of hydrogen-bond donors (Lipinski definition) is 0. The van der Waals surface area contributed by atoms with Gasteiger partial charge < -0.3 is 14.1 Å². The molecule has 0 radical (unpaired) electrons. The first-order valence-electron chi connectivity index (χ1n) is 10.3. The number of aldehydes is 1. The number of rotatable bonds is 7. The SMILES string of the molecule is CC(C)Oc1ccc(S(=O)(=O)N2CCC(c3cn(CC=O)c4cccc(F)c34)C2)cc1. The molecule has 164 valence electrons. The molecule has 1 aliphatic rings. The molecule has 4 rings (SSSR count). The highest BCUT2D eigenvalue weighted by molar-refractivity contribution is 7.89. The summed E-state index contributed by atoms with van der Waals surface area (Å²) in [5, 5.41) is 0.462. The van der Waals surface area contributed by atoms with E-state index < -0.39 is 10.0 Å². The Hall–Kier alpha value is -2.71. The van der Waals surface area contributed by atoms with Crippen molar-refractivity contribution in [2.75, 3.05) is 13.1 Å². The maximum Gasteiger partial charge on any atom is 0.243 e. The Morgan fingerprint density at radius 2 is 1.94 bits per heavy atom. The number of sulfonamides is 1. The molecule has 1 atom stereocenters. The van der Waals surface area contributed by atoms with Gasteiger partial charge in [0.05, 0.1) is 23.1 Å². The smallest absolute Gasteiger partial charge is 0.243 e. The van der Waals surface area contributed by atoms with E-state index in [0.29, 0.717) is 29.6 Å². The van der Waals surface area contributed by atoms with Gasteiger partial charge in [0.2, 0.25) is 10.0 Å². The first-order chi connectivity index (χ1) is 14.8. The summed E-state index contributed by atoms with van der Waals surface area (Å²) in [6.07, 6.45) is 3.14. The molecule has 1 fully saturated rings. The zero-order chi connectivity index (χ0) is 22.2. The lowest BCUT2D eigenvalue weighted by Crippen LogP contribution is -2.28. The van der Waals surface area contributed by atoms with Crippen molar-refractivity contribution >= 4 is 27.2 Å². The van der Waals surface area contributed by atoms with Crippen LogP contribution in [0.5, 0.6) is 5.75 Å². The number of fused-ring (bicyclic) bond motifs is 1. The predicted molar refractivity (Wildman–Crippen MR) is 116 cm³/mol. The summed E-state index contributed by atoms with van der Waals surface area (Å²) < 4.78 is 49.7. The second-order valence-electron chi connectivity index (χ2n) is 8.02. The Labute approximate surface area is 181 Å². The quantitative estimate of drug-likeness (QED) is 0.518. The highest BCUT2D eigenvalue weighted by Gasteiger charge is 2.35. The van der Waals surface area contributed by atoms with E-state index >= 15 is 0 Å². The molecule has 1 saturated heterocycles. The normalized spacial score (nSPS) is 17.5. The van der Waals surface area contributed by atoms with E-state index in [1.807, 2.05) is 13.8 Å². The molecule has 6 nitrogen and oxygen atoms in total. The minimum Gasteiger partial charge on any atom is -0.491 e. The average molecular weight is 445 g/mol. The first-order valence-corrected chi connectivity index (χ1v) is 11.7. The summed E-state index contributed by atoms with van der Waals surface area (Å²) in [5.41, 5.74) is 1.39. The molecule has 1 aromatic heterocycles. The number of ether oxygens (including phenoxy) is 1. The van der Waals surface area contributed by atoms with Crippen LogP contribution < -0.4 is 4.74 Å². The van der Waals surface area contributed by atoms with Gasteiger partial charge in [0.15, 0.2) is 0 Å². The zero-order valence-electron chi connectivity index (χ0n) is 17.5. The van der Waals surface area contributed by atoms with E-state index in [4.69, 9.17) is 4.74 Å². The Morgan fingerprint density at radius 1 is 1.19 bits per heavy atom. The van der Waals surface area contributed by atoms with E-state index in [0.717, 1.165) is 11.8 Å². The standard InChI is InChI=1S/C23H25FN2O4S/c1-16(2)30-18-6-8-19(9-7-18)31(28,29)26-11-10-17(14-26)20-15-25(12-13-27)22-5-3-4-21(24)23(20)22/h3-9,13,15-17H,10-12,14H2,1-2H3. The first kappa shape index (κ1) is 21.5. The fourth-order valence-corrected chi connectivity index (χ4v) is 5.69. The highest BCUT2D eigenvalue weighted by Crippen LogP contribution is 2.37. The fourth-order valence-electron chi connectivity index (χ4n) is 4.19. The van der Waals surface area contributed by atoms with E-state index in [1.165, 1.54) is 10.4 Å². The van der Waals surface area contributed by atoms with Crippen molar-refractivity contribution in [3.63, 3.8) is 0 Å². The second kappa shape index (κ2) is 8.43. The minimum absolute atomic E-state index is 0.00328. The van der Waals surface area contributed by atoms with E-state index in [9.17, 15) is 17.6 Å². The Morgan fingerprint density at radius 3 is 2.61 bits per heavy atom. The van der Waals surface area contributed by atoms with Crippen LogP contribution in [0.2, 0.25) is 0 Å². The zero-order valence-corrected chi connectivity index (χ0v) is 18.3. The summed E-state index contributed by atoms with van der Waals surface area (Å²) in [6.45, 7) is 4.56. The summed E-state index contributed by atoms with van der Waals surface area (Å²) in [7, 11) is -3.67. The third-order valence-electron chi connectivity index (χ3n) is 5.58. The molecule has 0 spiro atoms. The molecule has 31 heavy (non-hydrogen) atoms. The molecule has 0 aliphatic carbocycles. The van der Waals surface area contributed by atoms with E-state index in [-0.39, 0.29) is 35.8 Å². The number of aromatic nitrogens is 1. The molecule has 0 saturated carbocycles. The second-order valence-corrected chi connectivity index (χ2v) is 9.96. The van der Waals surface area contributed by atoms with Gasteiger partial charge in [-0.25, -0.2) is 12.8 Å². The van der Waals surface area contributed by atoms with Crippen molar-refractivity contribution in [1.82, 2.24) is 8.87 Å². The molecular weight excluding hydrogens is 419 g/mol. The van der Waals surface area contributed by atoms with Crippen LogP contribution in [0.4, 0.5) is 4.39 Å². The van der Waals surface area contributed by atoms with Crippen molar-refractivity contribution in [3.8, 4) is 5.75 Å². The monoisotopic (exact) mass is 444 g/mol. The minimum atomic E-state index is -3.67. The number of halogens is 1. The van der Waals surface area contributed by atoms with Gasteiger partial charge in [-0.1, -0.05) is 6.07 Å². The summed E-state index contributed by atoms with van der Waals surface area (Å²) in [4.78, 5) is 11.3. The number of carbonyl (C=O) groups is 1. The van der Waals surface area contributed by atoms with Crippen LogP contribution in [0.1, 0.15) is 31.7 Å². The van der Waals surface area contributed by atoms with Gasteiger partial charge >= 0.3 is 0 Å². The maximum atomic E-state index is 14.6. The van der Waals surface area contributed by atoms with Crippen molar-refractivity contribution < 1.29 is 22.3 Å². The summed E-state index contributed by atoms with van der Waals surface area (Å²) in [6, 6.07) is 11.2. The number of carbonyl (C=O) groups excluding carboxylic acids is 1. The lowest BCUT2D eigenvalue weighted by Gasteiger charge is -2.17. The molecule has 8 heteroatoms. The van der Waals surface area contributed by atoms with Crippen LogP contribution in [-0.4, -0.2) is 42.8 Å². The Bertz CT molecular complexity index is 1200. The number of nitrogens with zero attached hydrogens (tertiary/aromatic N) is 2. The lowest BCUT2D eigenvalue weighted by molar-refractivity contribution is -0.108. The van der Waals surface area contributed by atoms with Crippen molar-refractivity contribution in [2.45, 2.75) is 43.7 Å². The van der Waals surface area contributed by atoms with Crippen LogP contribution in [0.15, 0.2) is 53.6 Å². The number of benzene rings is 2. The van der Waals surface area contributed by atoms with Gasteiger partial charge in [0.25, 0.3) is 0 Å². The molecule has 1 aliphatic heterocycles. The van der Waals surface area contributed by atoms with Crippen LogP contribution in [0.3, 0.4) is 0 Å². The topological polar surface area (TPSA) is 68.6 Å². The fraction of sp³-hybridized carbons (Fsp3) is 0.348. The van der Waals surface area contributed by atoms with Gasteiger partial charge in [-0.3, -0.25) is 0 Å². The highest BCUT2D eigenvalue weighted by atomic mass is 32.2. The van der Waals surface area contributed by atoms with Crippen LogP contribution in [0, 0.1) is 5.82 Å². The summed E-state index contributed by atoms with van der Waals surface area (Å²) in [5.74, 6) is 0.108. The van der Waals surface area contributed by atoms with Crippen molar-refractivity contribution in [3.05, 3.63) is 60.0 Å². The van der Waals surface area contributed by atoms with Gasteiger partial charge in [-0.05, 0) is 62.2 Å². The molecule has 0 bridgehead atoms. The van der Waals surface area contributed by atoms with Gasteiger partial charge in [-0.15, -0.1) is 0 Å². The predicted octanol–water partition coefficient (Wildman–Crippen LogP) is 3.94. The van der Waals surface area contributed by atoms with Crippen molar-refractivity contribution in [2.24, 2.45) is 0 Å². The Kier molecular flexibility index (Phi) is 5.85. The lowest BCUT2D eigenvalue weighted by atomic mass is 9.98. The largest absolute Gasteiger partial charge is 0.491 e. The van der Waals surface area contributed by atoms with Gasteiger partial charge in [0, 0.05) is 30.6 Å². The van der Waals surface area contributed by atoms with Crippen LogP contribution in [0.25, 0.3) is 10.9 Å². The molecule has 3 aromatic rings.